The zero-order valence-corrected chi connectivity index (χ0v) is 23.9. The van der Waals surface area contributed by atoms with Gasteiger partial charge in [0.15, 0.2) is 0 Å². The van der Waals surface area contributed by atoms with E-state index in [0.717, 1.165) is 92.9 Å². The van der Waals surface area contributed by atoms with Crippen LogP contribution >= 0.6 is 43.5 Å². The summed E-state index contributed by atoms with van der Waals surface area (Å²) in [6.07, 6.45) is 0. The lowest BCUT2D eigenvalue weighted by Crippen LogP contribution is -3.14. The van der Waals surface area contributed by atoms with Crippen LogP contribution in [0.15, 0.2) is 57.5 Å². The van der Waals surface area contributed by atoms with E-state index in [2.05, 4.69) is 36.8 Å². The fraction of sp³-hybridized carbons (Fsp3) is 0.500. The molecule has 0 spiro atoms. The summed E-state index contributed by atoms with van der Waals surface area (Å²) in [5.41, 5.74) is 0. The van der Waals surface area contributed by atoms with E-state index < -0.39 is 0 Å². The molecule has 0 aromatic heterocycles. The van der Waals surface area contributed by atoms with Gasteiger partial charge in [-0.05, 0) is 48.5 Å². The molecular formula is C24H34Br2Cl2N2O4. The minimum Gasteiger partial charge on any atom is -1.00 e. The van der Waals surface area contributed by atoms with E-state index >= 15 is 0 Å². The lowest BCUT2D eigenvalue weighted by molar-refractivity contribution is -0.905. The molecule has 34 heavy (non-hydrogen) atoms. The first kappa shape index (κ1) is 31.4. The zero-order valence-electron chi connectivity index (χ0n) is 19.2. The standard InChI is InChI=1S/C12H16BrNO2.C6H5BrO.C6H12ClNO.ClH/c13-11-1-3-12(4-2-11)16-10-7-14-5-8-15-9-6-14;7-5-1-3-6(8)4-2-5;7-1-2-8-3-5-9-6-4-8;/h1-4H,5-10H2;1-4,8H;1-6H2;1H. The second-order valence-electron chi connectivity index (χ2n) is 7.53. The van der Waals surface area contributed by atoms with Gasteiger partial charge < -0.3 is 36.6 Å². The number of ether oxygens (including phenoxy) is 3. The van der Waals surface area contributed by atoms with Crippen molar-refractivity contribution >= 4 is 43.5 Å². The third-order valence-electron chi connectivity index (χ3n) is 5.07. The Morgan fingerprint density at radius 2 is 1.41 bits per heavy atom. The number of rotatable bonds is 6. The predicted octanol–water partition coefficient (Wildman–Crippen LogP) is 0.459. The molecule has 0 atom stereocenters. The lowest BCUT2D eigenvalue weighted by atomic mass is 10.3. The first-order chi connectivity index (χ1) is 16.1. The van der Waals surface area contributed by atoms with E-state index in [-0.39, 0.29) is 12.4 Å². The maximum atomic E-state index is 8.74. The van der Waals surface area contributed by atoms with Gasteiger partial charge >= 0.3 is 0 Å². The van der Waals surface area contributed by atoms with Crippen molar-refractivity contribution in [2.24, 2.45) is 0 Å². The number of benzene rings is 2. The van der Waals surface area contributed by atoms with Crippen LogP contribution in [0, 0.1) is 0 Å². The molecule has 0 bridgehead atoms. The van der Waals surface area contributed by atoms with Gasteiger partial charge in [0.2, 0.25) is 0 Å². The molecule has 6 nitrogen and oxygen atoms in total. The van der Waals surface area contributed by atoms with Gasteiger partial charge in [-0.2, -0.15) is 0 Å². The molecule has 4 rings (SSSR count). The fourth-order valence-electron chi connectivity index (χ4n) is 3.13. The predicted molar refractivity (Wildman–Crippen MR) is 140 cm³/mol. The fourth-order valence-corrected chi connectivity index (χ4v) is 3.93. The Hall–Kier alpha value is -0.580. The topological polar surface area (TPSA) is 55.6 Å². The molecule has 0 radical (unpaired) electrons. The summed E-state index contributed by atoms with van der Waals surface area (Å²) >= 11 is 12.2. The molecule has 2 saturated heterocycles. The number of phenolic OH excluding ortho intramolecular Hbond substituents is 1. The highest BCUT2D eigenvalue weighted by atomic mass is 79.9. The molecule has 10 heteroatoms. The summed E-state index contributed by atoms with van der Waals surface area (Å²) in [7, 11) is 0. The number of phenols is 1. The molecule has 2 aliphatic rings. The van der Waals surface area contributed by atoms with Crippen LogP contribution in [-0.4, -0.2) is 88.2 Å². The summed E-state index contributed by atoms with van der Waals surface area (Å²) in [6, 6.07) is 14.8. The molecule has 2 heterocycles. The smallest absolute Gasteiger partial charge is 0.119 e. The molecule has 2 fully saturated rings. The number of nitrogens with one attached hydrogen (secondary N) is 1. The van der Waals surface area contributed by atoms with Gasteiger partial charge in [-0.25, -0.2) is 0 Å². The highest BCUT2D eigenvalue weighted by Crippen LogP contribution is 2.16. The molecule has 192 valence electrons. The van der Waals surface area contributed by atoms with Crippen LogP contribution in [0.5, 0.6) is 11.5 Å². The minimum absolute atomic E-state index is 0. The third-order valence-corrected chi connectivity index (χ3v) is 6.31. The summed E-state index contributed by atoms with van der Waals surface area (Å²) in [6.45, 7) is 10.6. The largest absolute Gasteiger partial charge is 1.00 e. The number of morpholine rings is 2. The maximum absolute atomic E-state index is 8.74. The average molecular weight is 645 g/mol. The Balaban J connectivity index is 0.000000274. The highest BCUT2D eigenvalue weighted by Gasteiger charge is 2.11. The Bertz CT molecular complexity index is 722. The molecular weight excluding hydrogens is 611 g/mol. The molecule has 0 saturated carbocycles. The second kappa shape index (κ2) is 19.6. The van der Waals surface area contributed by atoms with E-state index in [1.165, 1.54) is 0 Å². The van der Waals surface area contributed by atoms with Crippen molar-refractivity contribution in [2.75, 3.05) is 78.2 Å². The molecule has 0 aliphatic carbocycles. The number of quaternary nitrogens is 1. The van der Waals surface area contributed by atoms with E-state index in [1.807, 2.05) is 24.3 Å². The normalized spacial score (nSPS) is 16.2. The Morgan fingerprint density at radius 1 is 0.882 bits per heavy atom. The number of hydrogen-bond acceptors (Lipinski definition) is 5. The molecule has 0 unspecified atom stereocenters. The number of nitrogens with zero attached hydrogens (tertiary/aromatic N) is 1. The van der Waals surface area contributed by atoms with Crippen molar-refractivity contribution in [3.63, 3.8) is 0 Å². The quantitative estimate of drug-likeness (QED) is 0.448. The molecule has 2 aromatic rings. The van der Waals surface area contributed by atoms with E-state index in [9.17, 15) is 0 Å². The van der Waals surface area contributed by atoms with Gasteiger partial charge in [0.25, 0.3) is 0 Å². The summed E-state index contributed by atoms with van der Waals surface area (Å²) < 4.78 is 18.2. The van der Waals surface area contributed by atoms with Gasteiger partial charge in [-0.15, -0.1) is 11.6 Å². The molecule has 2 aromatic carbocycles. The summed E-state index contributed by atoms with van der Waals surface area (Å²) in [5.74, 6) is 2.00. The van der Waals surface area contributed by atoms with Crippen LogP contribution in [-0.2, 0) is 9.47 Å². The van der Waals surface area contributed by atoms with Gasteiger partial charge in [0.05, 0.1) is 38.9 Å². The number of halogens is 4. The van der Waals surface area contributed by atoms with Crippen molar-refractivity contribution in [3.05, 3.63) is 57.5 Å². The van der Waals surface area contributed by atoms with Gasteiger partial charge in [0.1, 0.15) is 31.2 Å². The SMILES string of the molecule is Brc1ccc(OCCN2CCOCC2)cc1.ClCC[NH+]1CCOCC1.Oc1ccc(Br)cc1.[Cl-]. The van der Waals surface area contributed by atoms with E-state index in [1.54, 1.807) is 29.2 Å². The minimum atomic E-state index is 0. The number of alkyl halides is 1. The van der Waals surface area contributed by atoms with Crippen LogP contribution in [0.2, 0.25) is 0 Å². The van der Waals surface area contributed by atoms with Crippen molar-refractivity contribution < 1.29 is 36.6 Å². The Labute approximate surface area is 231 Å². The third kappa shape index (κ3) is 14.7. The van der Waals surface area contributed by atoms with Crippen LogP contribution in [0.4, 0.5) is 0 Å². The number of hydrogen-bond donors (Lipinski definition) is 2. The second-order valence-corrected chi connectivity index (χ2v) is 9.74. The van der Waals surface area contributed by atoms with Gasteiger partial charge in [-0.1, -0.05) is 31.9 Å². The van der Waals surface area contributed by atoms with E-state index in [4.69, 9.17) is 30.9 Å². The van der Waals surface area contributed by atoms with Crippen LogP contribution in [0.1, 0.15) is 0 Å². The molecule has 2 aliphatic heterocycles. The maximum Gasteiger partial charge on any atom is 0.119 e. The van der Waals surface area contributed by atoms with Crippen molar-refractivity contribution in [2.45, 2.75) is 0 Å². The van der Waals surface area contributed by atoms with Gasteiger partial charge in [-0.3, -0.25) is 4.90 Å². The van der Waals surface area contributed by atoms with E-state index in [0.29, 0.717) is 5.75 Å². The molecule has 2 N–H and O–H groups in total. The first-order valence-corrected chi connectivity index (χ1v) is 13.3. The Kier molecular flexibility index (Phi) is 18.1. The summed E-state index contributed by atoms with van der Waals surface area (Å²) in [4.78, 5) is 3.94. The Morgan fingerprint density at radius 3 is 1.94 bits per heavy atom. The highest BCUT2D eigenvalue weighted by molar-refractivity contribution is 9.10. The average Bonchev–Trinajstić information content (AvgIpc) is 2.85. The zero-order chi connectivity index (χ0) is 23.7. The first-order valence-electron chi connectivity index (χ1n) is 11.2. The van der Waals surface area contributed by atoms with Crippen molar-refractivity contribution in [1.82, 2.24) is 4.90 Å². The van der Waals surface area contributed by atoms with Crippen LogP contribution in [0.3, 0.4) is 0 Å². The van der Waals surface area contributed by atoms with Crippen LogP contribution < -0.4 is 22.0 Å². The summed E-state index contributed by atoms with van der Waals surface area (Å²) in [5, 5.41) is 8.74. The molecule has 0 amide bonds. The van der Waals surface area contributed by atoms with Crippen molar-refractivity contribution in [3.8, 4) is 11.5 Å². The van der Waals surface area contributed by atoms with Crippen molar-refractivity contribution in [1.29, 1.82) is 0 Å². The monoisotopic (exact) mass is 642 g/mol. The van der Waals surface area contributed by atoms with Crippen LogP contribution in [0.25, 0.3) is 0 Å². The number of aromatic hydroxyl groups is 1. The van der Waals surface area contributed by atoms with Gasteiger partial charge in [0, 0.05) is 28.6 Å². The lowest BCUT2D eigenvalue weighted by Gasteiger charge is -2.26.